The van der Waals surface area contributed by atoms with Gasteiger partial charge in [0.25, 0.3) is 0 Å². The van der Waals surface area contributed by atoms with Crippen LogP contribution in [0.3, 0.4) is 0 Å². The highest BCUT2D eigenvalue weighted by atomic mass is 35.5. The highest BCUT2D eigenvalue weighted by Crippen LogP contribution is 2.29. The molecule has 3 rings (SSSR count). The predicted molar refractivity (Wildman–Crippen MR) is 68.9 cm³/mol. The van der Waals surface area contributed by atoms with E-state index in [-0.39, 0.29) is 5.82 Å². The number of benzene rings is 1. The maximum absolute atomic E-state index is 13.7. The Hall–Kier alpha value is -1.94. The minimum atomic E-state index is -0.290. The summed E-state index contributed by atoms with van der Waals surface area (Å²) in [6.45, 7) is 0. The van der Waals surface area contributed by atoms with Gasteiger partial charge in [0.1, 0.15) is 16.8 Å². The second kappa shape index (κ2) is 4.07. The van der Waals surface area contributed by atoms with E-state index in [1.54, 1.807) is 29.1 Å². The maximum Gasteiger partial charge on any atom is 0.141 e. The average molecular weight is 262 g/mol. The fourth-order valence-corrected chi connectivity index (χ4v) is 2.12. The molecule has 0 amide bonds. The summed E-state index contributed by atoms with van der Waals surface area (Å²) < 4.78 is 15.5. The molecule has 0 bridgehead atoms. The second-order valence-electron chi connectivity index (χ2n) is 3.98. The topological polar surface area (TPSA) is 30.7 Å². The van der Waals surface area contributed by atoms with Crippen molar-refractivity contribution in [2.45, 2.75) is 0 Å². The zero-order chi connectivity index (χ0) is 12.7. The molecular weight excluding hydrogens is 253 g/mol. The summed E-state index contributed by atoms with van der Waals surface area (Å²) >= 11 is 5.98. The monoisotopic (exact) mass is 261 g/mol. The van der Waals surface area contributed by atoms with Crippen molar-refractivity contribution in [3.8, 4) is 11.4 Å². The van der Waals surface area contributed by atoms with Gasteiger partial charge >= 0.3 is 0 Å². The van der Waals surface area contributed by atoms with Gasteiger partial charge in [-0.3, -0.25) is 4.98 Å². The fraction of sp³-hybridized carbons (Fsp3) is 0.0769. The van der Waals surface area contributed by atoms with E-state index in [0.29, 0.717) is 16.4 Å². The lowest BCUT2D eigenvalue weighted by Gasteiger charge is -2.07. The van der Waals surface area contributed by atoms with E-state index in [1.165, 1.54) is 12.3 Å². The van der Waals surface area contributed by atoms with Crippen LogP contribution in [0.2, 0.25) is 5.15 Å². The predicted octanol–water partition coefficient (Wildman–Crippen LogP) is 3.43. The molecule has 2 aromatic heterocycles. The second-order valence-corrected chi connectivity index (χ2v) is 4.37. The Balaban J connectivity index is 2.37. The van der Waals surface area contributed by atoms with Crippen LogP contribution in [0.1, 0.15) is 0 Å². The molecule has 0 aliphatic rings. The molecule has 1 aromatic carbocycles. The molecule has 0 radical (unpaired) electrons. The van der Waals surface area contributed by atoms with Crippen molar-refractivity contribution in [1.82, 2.24) is 14.5 Å². The number of imidazole rings is 1. The number of fused-ring (bicyclic) bond motifs is 1. The van der Waals surface area contributed by atoms with E-state index in [4.69, 9.17) is 11.6 Å². The van der Waals surface area contributed by atoms with Gasteiger partial charge in [-0.25, -0.2) is 9.37 Å². The van der Waals surface area contributed by atoms with Gasteiger partial charge in [-0.2, -0.15) is 0 Å². The van der Waals surface area contributed by atoms with Crippen LogP contribution < -0.4 is 0 Å². The number of rotatable bonds is 1. The number of aromatic nitrogens is 3. The SMILES string of the molecule is Cn1c(Cl)cnc1-c1ccc(F)c2cnccc12. The standard InChI is InChI=1S/C13H9ClFN3/c1-18-12(14)7-17-13(18)9-2-3-11(15)10-6-16-5-4-8(9)10/h2-7H,1H3. The van der Waals surface area contributed by atoms with Crippen LogP contribution in [0.15, 0.2) is 36.8 Å². The first-order valence-corrected chi connectivity index (χ1v) is 5.76. The fourth-order valence-electron chi connectivity index (χ4n) is 1.99. The van der Waals surface area contributed by atoms with Gasteiger partial charge in [0.05, 0.1) is 6.20 Å². The molecule has 0 aliphatic carbocycles. The molecule has 2 heterocycles. The van der Waals surface area contributed by atoms with Crippen molar-refractivity contribution >= 4 is 22.4 Å². The summed E-state index contributed by atoms with van der Waals surface area (Å²) in [6, 6.07) is 4.90. The van der Waals surface area contributed by atoms with Gasteiger partial charge in [0, 0.05) is 30.4 Å². The van der Waals surface area contributed by atoms with Crippen molar-refractivity contribution in [2.24, 2.45) is 7.05 Å². The molecule has 90 valence electrons. The van der Waals surface area contributed by atoms with Crippen LogP contribution in [0.4, 0.5) is 4.39 Å². The van der Waals surface area contributed by atoms with Gasteiger partial charge in [0.2, 0.25) is 0 Å². The Kier molecular flexibility index (Phi) is 2.52. The average Bonchev–Trinajstić information content (AvgIpc) is 2.71. The summed E-state index contributed by atoms with van der Waals surface area (Å²) in [5.74, 6) is 0.415. The minimum Gasteiger partial charge on any atom is -0.318 e. The van der Waals surface area contributed by atoms with Crippen molar-refractivity contribution in [1.29, 1.82) is 0 Å². The normalized spacial score (nSPS) is 11.1. The summed E-state index contributed by atoms with van der Waals surface area (Å²) in [7, 11) is 1.82. The van der Waals surface area contributed by atoms with Crippen LogP contribution in [0.25, 0.3) is 22.2 Å². The van der Waals surface area contributed by atoms with Gasteiger partial charge in [-0.15, -0.1) is 0 Å². The van der Waals surface area contributed by atoms with Gasteiger partial charge in [-0.1, -0.05) is 11.6 Å². The van der Waals surface area contributed by atoms with E-state index in [0.717, 1.165) is 10.9 Å². The summed E-state index contributed by atoms with van der Waals surface area (Å²) in [5, 5.41) is 1.79. The third-order valence-electron chi connectivity index (χ3n) is 2.94. The van der Waals surface area contributed by atoms with Crippen LogP contribution in [-0.4, -0.2) is 14.5 Å². The molecule has 5 heteroatoms. The molecular formula is C13H9ClFN3. The number of pyridine rings is 1. The van der Waals surface area contributed by atoms with Crippen LogP contribution in [0.5, 0.6) is 0 Å². The molecule has 0 N–H and O–H groups in total. The third kappa shape index (κ3) is 1.57. The summed E-state index contributed by atoms with van der Waals surface area (Å²) in [6.07, 6.45) is 4.72. The quantitative estimate of drug-likeness (QED) is 0.672. The van der Waals surface area contributed by atoms with Crippen molar-refractivity contribution < 1.29 is 4.39 Å². The minimum absolute atomic E-state index is 0.290. The molecule has 0 saturated carbocycles. The Morgan fingerprint density at radius 2 is 2.00 bits per heavy atom. The Morgan fingerprint density at radius 1 is 1.17 bits per heavy atom. The lowest BCUT2D eigenvalue weighted by atomic mass is 10.1. The highest BCUT2D eigenvalue weighted by molar-refractivity contribution is 6.29. The summed E-state index contributed by atoms with van der Waals surface area (Å²) in [4.78, 5) is 8.20. The van der Waals surface area contributed by atoms with E-state index < -0.39 is 0 Å². The highest BCUT2D eigenvalue weighted by Gasteiger charge is 2.12. The number of nitrogens with zero attached hydrogens (tertiary/aromatic N) is 3. The smallest absolute Gasteiger partial charge is 0.141 e. The Labute approximate surface area is 108 Å². The zero-order valence-electron chi connectivity index (χ0n) is 9.56. The molecule has 0 unspecified atom stereocenters. The number of hydrogen-bond donors (Lipinski definition) is 0. The molecule has 0 saturated heterocycles. The molecule has 0 spiro atoms. The number of halogens is 2. The molecule has 18 heavy (non-hydrogen) atoms. The Morgan fingerprint density at radius 3 is 2.72 bits per heavy atom. The van der Waals surface area contributed by atoms with Crippen LogP contribution >= 0.6 is 11.6 Å². The van der Waals surface area contributed by atoms with Crippen molar-refractivity contribution in [3.63, 3.8) is 0 Å². The van der Waals surface area contributed by atoms with Crippen molar-refractivity contribution in [3.05, 3.63) is 47.8 Å². The van der Waals surface area contributed by atoms with Gasteiger partial charge < -0.3 is 4.57 Å². The lowest BCUT2D eigenvalue weighted by Crippen LogP contribution is -1.94. The first kappa shape index (κ1) is 11.2. The van der Waals surface area contributed by atoms with Gasteiger partial charge in [0.15, 0.2) is 0 Å². The Bertz CT molecular complexity index is 736. The van der Waals surface area contributed by atoms with Gasteiger partial charge in [-0.05, 0) is 23.6 Å². The third-order valence-corrected chi connectivity index (χ3v) is 3.29. The zero-order valence-corrected chi connectivity index (χ0v) is 10.3. The van der Waals surface area contributed by atoms with Crippen molar-refractivity contribution in [2.75, 3.05) is 0 Å². The molecule has 3 nitrogen and oxygen atoms in total. The molecule has 0 atom stereocenters. The maximum atomic E-state index is 13.7. The molecule has 3 aromatic rings. The number of hydrogen-bond acceptors (Lipinski definition) is 2. The van der Waals surface area contributed by atoms with Crippen LogP contribution in [0, 0.1) is 5.82 Å². The molecule has 0 fully saturated rings. The van der Waals surface area contributed by atoms with E-state index in [9.17, 15) is 4.39 Å². The van der Waals surface area contributed by atoms with Crippen LogP contribution in [-0.2, 0) is 7.05 Å². The molecule has 0 aliphatic heterocycles. The van der Waals surface area contributed by atoms with E-state index in [2.05, 4.69) is 9.97 Å². The summed E-state index contributed by atoms with van der Waals surface area (Å²) in [5.41, 5.74) is 0.836. The largest absolute Gasteiger partial charge is 0.318 e. The van der Waals surface area contributed by atoms with E-state index in [1.807, 2.05) is 7.05 Å². The lowest BCUT2D eigenvalue weighted by molar-refractivity contribution is 0.639. The van der Waals surface area contributed by atoms with E-state index >= 15 is 0 Å². The first-order valence-electron chi connectivity index (χ1n) is 5.38. The first-order chi connectivity index (χ1) is 8.68.